The van der Waals surface area contributed by atoms with E-state index < -0.39 is 0 Å². The van der Waals surface area contributed by atoms with Gasteiger partial charge in [-0.1, -0.05) is 11.6 Å². The number of rotatable bonds is 6. The van der Waals surface area contributed by atoms with Crippen molar-refractivity contribution in [1.82, 2.24) is 15.2 Å². The topological polar surface area (TPSA) is 54.5 Å². The highest BCUT2D eigenvalue weighted by molar-refractivity contribution is 7.09. The lowest BCUT2D eigenvalue weighted by molar-refractivity contribution is -0.130. The van der Waals surface area contributed by atoms with Crippen LogP contribution in [0.1, 0.15) is 17.1 Å². The smallest absolute Gasteiger partial charge is 0.228 e. The lowest BCUT2D eigenvalue weighted by Crippen LogP contribution is -2.39. The molecular formula is C17H22Cl3N3O2S. The lowest BCUT2D eigenvalue weighted by Gasteiger charge is -2.23. The van der Waals surface area contributed by atoms with Gasteiger partial charge in [-0.2, -0.15) is 0 Å². The Bertz CT molecular complexity index is 691. The zero-order chi connectivity index (χ0) is 16.9. The van der Waals surface area contributed by atoms with Crippen molar-refractivity contribution in [2.75, 3.05) is 20.1 Å². The molecule has 1 aromatic heterocycles. The number of thiazole rings is 1. The Morgan fingerprint density at radius 2 is 2.12 bits per heavy atom. The van der Waals surface area contributed by atoms with E-state index in [2.05, 4.69) is 10.3 Å². The van der Waals surface area contributed by atoms with Crippen LogP contribution >= 0.6 is 47.8 Å². The number of hydrogen-bond donors (Lipinski definition) is 1. The first-order chi connectivity index (χ1) is 11.6. The Hall–Kier alpha value is -1.05. The third kappa shape index (κ3) is 6.28. The number of nitrogens with one attached hydrogen (secondary N) is 1. The number of ether oxygens (including phenoxy) is 1. The summed E-state index contributed by atoms with van der Waals surface area (Å²) in [6.45, 7) is 2.24. The second kappa shape index (κ2) is 10.9. The Morgan fingerprint density at radius 1 is 1.38 bits per heavy atom. The third-order valence-electron chi connectivity index (χ3n) is 4.08. The molecule has 3 rings (SSSR count). The van der Waals surface area contributed by atoms with Crippen LogP contribution in [0, 0.1) is 0 Å². The molecule has 1 fully saturated rings. The van der Waals surface area contributed by atoms with Crippen LogP contribution < -0.4 is 10.1 Å². The summed E-state index contributed by atoms with van der Waals surface area (Å²) in [6.07, 6.45) is 1.35. The first-order valence-electron chi connectivity index (χ1n) is 7.90. The first-order valence-corrected chi connectivity index (χ1v) is 9.15. The Morgan fingerprint density at radius 3 is 2.77 bits per heavy atom. The van der Waals surface area contributed by atoms with Gasteiger partial charge in [0.05, 0.1) is 12.1 Å². The van der Waals surface area contributed by atoms with Crippen molar-refractivity contribution in [1.29, 1.82) is 0 Å². The molecule has 0 saturated carbocycles. The molecule has 1 aliphatic heterocycles. The molecule has 1 aromatic carbocycles. The van der Waals surface area contributed by atoms with Gasteiger partial charge in [0.25, 0.3) is 0 Å². The number of carbonyl (C=O) groups is 1. The molecule has 1 unspecified atom stereocenters. The second-order valence-electron chi connectivity index (χ2n) is 5.80. The highest BCUT2D eigenvalue weighted by atomic mass is 35.5. The summed E-state index contributed by atoms with van der Waals surface area (Å²) >= 11 is 7.36. The molecule has 0 spiro atoms. The zero-order valence-corrected chi connectivity index (χ0v) is 17.5. The molecule has 1 saturated heterocycles. The summed E-state index contributed by atoms with van der Waals surface area (Å²) in [4.78, 5) is 18.7. The van der Waals surface area contributed by atoms with Crippen molar-refractivity contribution in [2.24, 2.45) is 0 Å². The Labute approximate surface area is 174 Å². The number of halogens is 3. The predicted octanol–water partition coefficient (Wildman–Crippen LogP) is 3.58. The van der Waals surface area contributed by atoms with Crippen molar-refractivity contribution < 1.29 is 9.53 Å². The third-order valence-corrected chi connectivity index (χ3v) is 5.21. The largest absolute Gasteiger partial charge is 0.486 e. The number of aromatic nitrogens is 1. The summed E-state index contributed by atoms with van der Waals surface area (Å²) in [5.74, 6) is 0.861. The second-order valence-corrected chi connectivity index (χ2v) is 7.18. The van der Waals surface area contributed by atoms with Crippen LogP contribution in [0.2, 0.25) is 5.02 Å². The van der Waals surface area contributed by atoms with Crippen molar-refractivity contribution in [3.8, 4) is 5.75 Å². The Kier molecular flexibility index (Phi) is 9.68. The van der Waals surface area contributed by atoms with Gasteiger partial charge in [0.2, 0.25) is 5.91 Å². The molecule has 1 aliphatic rings. The molecule has 144 valence electrons. The van der Waals surface area contributed by atoms with E-state index >= 15 is 0 Å². The maximum absolute atomic E-state index is 12.3. The monoisotopic (exact) mass is 437 g/mol. The van der Waals surface area contributed by atoms with Gasteiger partial charge in [-0.15, -0.1) is 36.2 Å². The fourth-order valence-electron chi connectivity index (χ4n) is 2.63. The summed E-state index contributed by atoms with van der Waals surface area (Å²) < 4.78 is 5.68. The molecule has 0 aliphatic carbocycles. The molecule has 2 heterocycles. The van der Waals surface area contributed by atoms with E-state index in [-0.39, 0.29) is 30.7 Å². The normalized spacial score (nSPS) is 15.7. The van der Waals surface area contributed by atoms with E-state index in [1.54, 1.807) is 12.1 Å². The van der Waals surface area contributed by atoms with Crippen LogP contribution in [0.4, 0.5) is 0 Å². The van der Waals surface area contributed by atoms with Gasteiger partial charge in [0, 0.05) is 30.0 Å². The number of nitrogens with zero attached hydrogens (tertiary/aromatic N) is 2. The molecular weight excluding hydrogens is 417 g/mol. The maximum atomic E-state index is 12.3. The molecule has 2 aromatic rings. The number of carbonyl (C=O) groups excluding carboxylic acids is 1. The lowest BCUT2D eigenvalue weighted by atomic mass is 10.2. The molecule has 0 bridgehead atoms. The first kappa shape index (κ1) is 23.0. The van der Waals surface area contributed by atoms with Crippen molar-refractivity contribution in [2.45, 2.75) is 25.5 Å². The average molecular weight is 439 g/mol. The number of benzene rings is 1. The van der Waals surface area contributed by atoms with Crippen molar-refractivity contribution in [3.05, 3.63) is 45.4 Å². The summed E-state index contributed by atoms with van der Waals surface area (Å²) in [5, 5.41) is 6.75. The number of likely N-dealkylation sites (N-methyl/N-ethyl adjacent to an activating group) is 1. The Balaban J connectivity index is 0.00000169. The van der Waals surface area contributed by atoms with Gasteiger partial charge in [-0.3, -0.25) is 4.79 Å². The van der Waals surface area contributed by atoms with Gasteiger partial charge in [-0.05, 0) is 37.2 Å². The van der Waals surface area contributed by atoms with E-state index in [0.29, 0.717) is 24.1 Å². The van der Waals surface area contributed by atoms with E-state index in [1.165, 1.54) is 11.3 Å². The van der Waals surface area contributed by atoms with Crippen LogP contribution in [0.25, 0.3) is 0 Å². The van der Waals surface area contributed by atoms with Crippen LogP contribution in [0.3, 0.4) is 0 Å². The molecule has 5 nitrogen and oxygen atoms in total. The standard InChI is InChI=1S/C17H20ClN3O2S.2ClH/c1-21(14-6-7-19-9-14)17(22)8-13-11-24-16(20-13)10-23-15-4-2-12(18)3-5-15;;/h2-5,11,14,19H,6-10H2,1H3;2*1H. The summed E-state index contributed by atoms with van der Waals surface area (Å²) in [7, 11) is 1.87. The number of hydrogen-bond acceptors (Lipinski definition) is 5. The van der Waals surface area contributed by atoms with E-state index in [9.17, 15) is 4.79 Å². The molecule has 1 N–H and O–H groups in total. The van der Waals surface area contributed by atoms with Gasteiger partial charge < -0.3 is 15.0 Å². The van der Waals surface area contributed by atoms with Crippen LogP contribution in [-0.4, -0.2) is 42.0 Å². The van der Waals surface area contributed by atoms with Gasteiger partial charge in [0.15, 0.2) is 0 Å². The molecule has 0 radical (unpaired) electrons. The minimum Gasteiger partial charge on any atom is -0.486 e. The van der Waals surface area contributed by atoms with Gasteiger partial charge in [0.1, 0.15) is 17.4 Å². The van der Waals surface area contributed by atoms with Gasteiger partial charge in [-0.25, -0.2) is 4.98 Å². The van der Waals surface area contributed by atoms with Crippen LogP contribution in [0.15, 0.2) is 29.6 Å². The summed E-state index contributed by atoms with van der Waals surface area (Å²) in [6, 6.07) is 7.52. The average Bonchev–Trinajstić information content (AvgIpc) is 3.25. The van der Waals surface area contributed by atoms with Gasteiger partial charge >= 0.3 is 0 Å². The van der Waals surface area contributed by atoms with E-state index in [1.807, 2.05) is 29.5 Å². The molecule has 1 atom stereocenters. The highest BCUT2D eigenvalue weighted by Crippen LogP contribution is 2.19. The van der Waals surface area contributed by atoms with E-state index in [0.717, 1.165) is 36.0 Å². The molecule has 9 heteroatoms. The van der Waals surface area contributed by atoms with Crippen LogP contribution in [-0.2, 0) is 17.8 Å². The van der Waals surface area contributed by atoms with Crippen molar-refractivity contribution in [3.63, 3.8) is 0 Å². The number of amides is 1. The highest BCUT2D eigenvalue weighted by Gasteiger charge is 2.23. The molecule has 1 amide bonds. The van der Waals surface area contributed by atoms with E-state index in [4.69, 9.17) is 16.3 Å². The fourth-order valence-corrected chi connectivity index (χ4v) is 3.46. The summed E-state index contributed by atoms with van der Waals surface area (Å²) in [5.41, 5.74) is 0.803. The quantitative estimate of drug-likeness (QED) is 0.749. The minimum atomic E-state index is 0. The van der Waals surface area contributed by atoms with Crippen molar-refractivity contribution >= 4 is 53.7 Å². The predicted molar refractivity (Wildman–Crippen MR) is 110 cm³/mol. The zero-order valence-electron chi connectivity index (χ0n) is 14.3. The molecule has 26 heavy (non-hydrogen) atoms. The SMILES string of the molecule is CN(C(=O)Cc1csc(COc2ccc(Cl)cc2)n1)C1CCNC1.Cl.Cl. The minimum absolute atomic E-state index is 0. The van der Waals surface area contributed by atoms with Crippen LogP contribution in [0.5, 0.6) is 5.75 Å². The maximum Gasteiger partial charge on any atom is 0.228 e. The fraction of sp³-hybridized carbons (Fsp3) is 0.412.